The third-order valence-corrected chi connectivity index (χ3v) is 14.4. The molecule has 0 fully saturated rings. The zero-order valence-electron chi connectivity index (χ0n) is 48.0. The summed E-state index contributed by atoms with van der Waals surface area (Å²) in [5.74, 6) is -0.853. The van der Waals surface area contributed by atoms with Gasteiger partial charge < -0.3 is 14.2 Å². The molecule has 71 heavy (non-hydrogen) atoms. The lowest BCUT2D eigenvalue weighted by Crippen LogP contribution is -2.30. The van der Waals surface area contributed by atoms with E-state index in [0.29, 0.717) is 19.3 Å². The molecule has 0 rings (SSSR count). The fourth-order valence-corrected chi connectivity index (χ4v) is 9.61. The molecule has 0 saturated heterocycles. The van der Waals surface area contributed by atoms with E-state index in [-0.39, 0.29) is 31.1 Å². The van der Waals surface area contributed by atoms with Crippen molar-refractivity contribution in [1.29, 1.82) is 0 Å². The Morgan fingerprint density at radius 2 is 0.465 bits per heavy atom. The van der Waals surface area contributed by atoms with Crippen LogP contribution >= 0.6 is 0 Å². The van der Waals surface area contributed by atoms with Crippen LogP contribution in [0.2, 0.25) is 0 Å². The lowest BCUT2D eigenvalue weighted by atomic mass is 10.0. The summed E-state index contributed by atoms with van der Waals surface area (Å²) in [4.78, 5) is 38.3. The zero-order valence-corrected chi connectivity index (χ0v) is 48.0. The van der Waals surface area contributed by atoms with Crippen LogP contribution in [0.15, 0.2) is 24.3 Å². The highest BCUT2D eigenvalue weighted by molar-refractivity contribution is 5.71. The standard InChI is InChI=1S/C65H122O6/c1-4-7-10-13-16-19-22-25-27-29-31-32-34-35-37-40-43-46-49-52-55-58-64(67)70-61-62(60-69-63(66)57-54-51-48-45-42-39-24-21-18-15-12-9-6-3)71-65(68)59-56-53-50-47-44-41-38-36-33-30-28-26-23-20-17-14-11-8-5-2/h21,24-25,27,62H,4-20,22-23,26,28-61H2,1-3H3/b24-21-,27-25-/t62-/m0/s1. The maximum absolute atomic E-state index is 12.9. The van der Waals surface area contributed by atoms with Gasteiger partial charge in [0.15, 0.2) is 6.10 Å². The summed E-state index contributed by atoms with van der Waals surface area (Å²) in [6, 6.07) is 0. The minimum Gasteiger partial charge on any atom is -0.462 e. The summed E-state index contributed by atoms with van der Waals surface area (Å²) in [7, 11) is 0. The molecule has 0 aromatic heterocycles. The molecule has 0 aromatic rings. The van der Waals surface area contributed by atoms with Crippen molar-refractivity contribution in [2.24, 2.45) is 0 Å². The molecule has 0 bridgehead atoms. The van der Waals surface area contributed by atoms with E-state index in [4.69, 9.17) is 14.2 Å². The second-order valence-corrected chi connectivity index (χ2v) is 21.7. The Balaban J connectivity index is 4.28. The van der Waals surface area contributed by atoms with E-state index in [1.54, 1.807) is 0 Å². The molecule has 0 saturated carbocycles. The molecule has 0 radical (unpaired) electrons. The maximum atomic E-state index is 12.9. The summed E-state index contributed by atoms with van der Waals surface area (Å²) in [6.07, 6.45) is 71.8. The molecule has 0 aliphatic rings. The number of unbranched alkanes of at least 4 members (excludes halogenated alkanes) is 44. The Bertz CT molecular complexity index is 1150. The van der Waals surface area contributed by atoms with Gasteiger partial charge in [-0.1, -0.05) is 289 Å². The molecule has 1 atom stereocenters. The predicted octanol–water partition coefficient (Wildman–Crippen LogP) is 21.4. The fourth-order valence-electron chi connectivity index (χ4n) is 9.61. The SMILES string of the molecule is CCCCCC/C=C\CCCCCCCC(=O)OC[C@@H](COC(=O)CCCCCCCCCCCCC/C=C\CCCCCCCC)OC(=O)CCCCCCCCCCCCCCCCCCCCC. The van der Waals surface area contributed by atoms with Gasteiger partial charge in [0, 0.05) is 19.3 Å². The number of esters is 3. The number of carbonyl (C=O) groups is 3. The highest BCUT2D eigenvalue weighted by Gasteiger charge is 2.19. The van der Waals surface area contributed by atoms with E-state index >= 15 is 0 Å². The van der Waals surface area contributed by atoms with Gasteiger partial charge in [-0.3, -0.25) is 14.4 Å². The number of rotatable bonds is 59. The van der Waals surface area contributed by atoms with Crippen LogP contribution in [0.5, 0.6) is 0 Å². The number of carbonyl (C=O) groups excluding carboxylic acids is 3. The van der Waals surface area contributed by atoms with E-state index in [0.717, 1.165) is 64.2 Å². The molecule has 6 heteroatoms. The van der Waals surface area contributed by atoms with Gasteiger partial charge in [0.2, 0.25) is 0 Å². The van der Waals surface area contributed by atoms with Crippen LogP contribution in [-0.2, 0) is 28.6 Å². The zero-order chi connectivity index (χ0) is 51.4. The van der Waals surface area contributed by atoms with Crippen molar-refractivity contribution >= 4 is 17.9 Å². The van der Waals surface area contributed by atoms with Gasteiger partial charge in [-0.15, -0.1) is 0 Å². The Hall–Kier alpha value is -2.11. The van der Waals surface area contributed by atoms with Crippen molar-refractivity contribution in [3.63, 3.8) is 0 Å². The van der Waals surface area contributed by atoms with Crippen LogP contribution in [0.4, 0.5) is 0 Å². The molecule has 6 nitrogen and oxygen atoms in total. The number of hydrogen-bond acceptors (Lipinski definition) is 6. The van der Waals surface area contributed by atoms with E-state index < -0.39 is 6.10 Å². The first-order valence-corrected chi connectivity index (χ1v) is 31.8. The second kappa shape index (κ2) is 60.4. The summed E-state index contributed by atoms with van der Waals surface area (Å²) >= 11 is 0. The van der Waals surface area contributed by atoms with Crippen LogP contribution in [0.1, 0.15) is 355 Å². The molecule has 0 heterocycles. The van der Waals surface area contributed by atoms with Gasteiger partial charge in [-0.2, -0.15) is 0 Å². The molecule has 418 valence electrons. The first kappa shape index (κ1) is 68.9. The predicted molar refractivity (Wildman–Crippen MR) is 307 cm³/mol. The maximum Gasteiger partial charge on any atom is 0.306 e. The Kier molecular flexibility index (Phi) is 58.6. The molecular formula is C65H122O6. The topological polar surface area (TPSA) is 78.9 Å². The minimum atomic E-state index is -0.771. The molecule has 0 unspecified atom stereocenters. The second-order valence-electron chi connectivity index (χ2n) is 21.7. The summed E-state index contributed by atoms with van der Waals surface area (Å²) < 4.78 is 16.9. The summed E-state index contributed by atoms with van der Waals surface area (Å²) in [5, 5.41) is 0. The van der Waals surface area contributed by atoms with Gasteiger partial charge >= 0.3 is 17.9 Å². The number of ether oxygens (including phenoxy) is 3. The Morgan fingerprint density at radius 1 is 0.268 bits per heavy atom. The van der Waals surface area contributed by atoms with Crippen LogP contribution in [-0.4, -0.2) is 37.2 Å². The van der Waals surface area contributed by atoms with Gasteiger partial charge in [-0.25, -0.2) is 0 Å². The highest BCUT2D eigenvalue weighted by atomic mass is 16.6. The van der Waals surface area contributed by atoms with Crippen LogP contribution in [0.25, 0.3) is 0 Å². The fraction of sp³-hybridized carbons (Fsp3) is 0.892. The molecule has 0 aromatic carbocycles. The van der Waals surface area contributed by atoms with E-state index in [9.17, 15) is 14.4 Å². The van der Waals surface area contributed by atoms with Crippen LogP contribution < -0.4 is 0 Å². The van der Waals surface area contributed by atoms with Gasteiger partial charge in [-0.05, 0) is 70.6 Å². The first-order valence-electron chi connectivity index (χ1n) is 31.8. The normalized spacial score (nSPS) is 12.1. The van der Waals surface area contributed by atoms with E-state index in [1.807, 2.05) is 0 Å². The van der Waals surface area contributed by atoms with Crippen molar-refractivity contribution in [3.8, 4) is 0 Å². The lowest BCUT2D eigenvalue weighted by Gasteiger charge is -2.18. The molecule has 0 aliphatic heterocycles. The molecule has 0 amide bonds. The number of allylic oxidation sites excluding steroid dienone is 4. The largest absolute Gasteiger partial charge is 0.462 e. The van der Waals surface area contributed by atoms with Crippen LogP contribution in [0, 0.1) is 0 Å². The Morgan fingerprint density at radius 3 is 0.718 bits per heavy atom. The first-order chi connectivity index (χ1) is 35.0. The molecule has 0 spiro atoms. The van der Waals surface area contributed by atoms with Crippen molar-refractivity contribution in [2.75, 3.05) is 13.2 Å². The van der Waals surface area contributed by atoms with Crippen molar-refractivity contribution < 1.29 is 28.6 Å². The van der Waals surface area contributed by atoms with Crippen molar-refractivity contribution in [3.05, 3.63) is 24.3 Å². The van der Waals surface area contributed by atoms with Crippen molar-refractivity contribution in [2.45, 2.75) is 361 Å². The summed E-state index contributed by atoms with van der Waals surface area (Å²) in [5.41, 5.74) is 0. The minimum absolute atomic E-state index is 0.0693. The van der Waals surface area contributed by atoms with Gasteiger partial charge in [0.05, 0.1) is 0 Å². The van der Waals surface area contributed by atoms with Crippen LogP contribution in [0.3, 0.4) is 0 Å². The monoisotopic (exact) mass is 999 g/mol. The molecule has 0 N–H and O–H groups in total. The third kappa shape index (κ3) is 58.7. The average Bonchev–Trinajstić information content (AvgIpc) is 3.37. The lowest BCUT2D eigenvalue weighted by molar-refractivity contribution is -0.167. The van der Waals surface area contributed by atoms with Gasteiger partial charge in [0.25, 0.3) is 0 Å². The molecular weight excluding hydrogens is 877 g/mol. The Labute approximate surface area is 443 Å². The van der Waals surface area contributed by atoms with E-state index in [1.165, 1.54) is 250 Å². The average molecular weight is 1000 g/mol. The van der Waals surface area contributed by atoms with Gasteiger partial charge in [0.1, 0.15) is 13.2 Å². The molecule has 0 aliphatic carbocycles. The quantitative estimate of drug-likeness (QED) is 0.0261. The third-order valence-electron chi connectivity index (χ3n) is 14.4. The van der Waals surface area contributed by atoms with Crippen molar-refractivity contribution in [1.82, 2.24) is 0 Å². The van der Waals surface area contributed by atoms with E-state index in [2.05, 4.69) is 45.1 Å². The smallest absolute Gasteiger partial charge is 0.306 e. The number of hydrogen-bond donors (Lipinski definition) is 0. The highest BCUT2D eigenvalue weighted by Crippen LogP contribution is 2.18. The summed E-state index contributed by atoms with van der Waals surface area (Å²) in [6.45, 7) is 6.68.